The van der Waals surface area contributed by atoms with E-state index in [9.17, 15) is 10.1 Å². The molecule has 1 aromatic carbocycles. The predicted octanol–water partition coefficient (Wildman–Crippen LogP) is 2.44. The maximum Gasteiger partial charge on any atom is 0.311 e. The van der Waals surface area contributed by atoms with Crippen LogP contribution in [0.2, 0.25) is 0 Å². The molecule has 16 heavy (non-hydrogen) atoms. The van der Waals surface area contributed by atoms with Crippen molar-refractivity contribution in [1.29, 1.82) is 5.26 Å². The smallest absolute Gasteiger partial charge is 0.311 e. The van der Waals surface area contributed by atoms with Gasteiger partial charge in [0.05, 0.1) is 16.9 Å². The average molecular weight is 220 g/mol. The Morgan fingerprint density at radius 1 is 1.62 bits per heavy atom. The molecule has 0 radical (unpaired) electrons. The minimum absolute atomic E-state index is 0.0647. The lowest BCUT2D eigenvalue weighted by Gasteiger charge is -2.07. The normalized spacial score (nSPS) is 11.6. The molecule has 1 aromatic rings. The van der Waals surface area contributed by atoms with E-state index < -0.39 is 4.92 Å². The summed E-state index contributed by atoms with van der Waals surface area (Å²) < 4.78 is 5.24. The van der Waals surface area contributed by atoms with E-state index in [1.165, 1.54) is 6.07 Å². The van der Waals surface area contributed by atoms with Gasteiger partial charge < -0.3 is 4.74 Å². The third kappa shape index (κ3) is 2.95. The minimum Gasteiger partial charge on any atom is -0.485 e. The topological polar surface area (TPSA) is 76.2 Å². The molecule has 5 heteroatoms. The quantitative estimate of drug-likeness (QED) is 0.576. The van der Waals surface area contributed by atoms with E-state index in [4.69, 9.17) is 10.00 Å². The zero-order chi connectivity index (χ0) is 12.1. The van der Waals surface area contributed by atoms with Crippen molar-refractivity contribution in [2.24, 2.45) is 5.92 Å². The summed E-state index contributed by atoms with van der Waals surface area (Å²) in [5.74, 6) is -0.0846. The standard InChI is InChI=1S/C11H12N2O3/c1-8-3-4-11(10(5-8)13(14)15)16-7-9(2)6-12/h3-5,9H,7H2,1-2H3. The predicted molar refractivity (Wildman–Crippen MR) is 58.1 cm³/mol. The highest BCUT2D eigenvalue weighted by molar-refractivity contribution is 5.48. The number of hydrogen-bond acceptors (Lipinski definition) is 4. The van der Waals surface area contributed by atoms with Gasteiger partial charge in [-0.1, -0.05) is 6.07 Å². The van der Waals surface area contributed by atoms with Crippen LogP contribution in [0.25, 0.3) is 0 Å². The van der Waals surface area contributed by atoms with Crippen molar-refractivity contribution in [3.63, 3.8) is 0 Å². The van der Waals surface area contributed by atoms with E-state index in [1.807, 2.05) is 6.07 Å². The zero-order valence-electron chi connectivity index (χ0n) is 9.14. The number of nitro benzene ring substituents is 1. The molecule has 0 aliphatic carbocycles. The van der Waals surface area contributed by atoms with Crippen molar-refractivity contribution in [1.82, 2.24) is 0 Å². The van der Waals surface area contributed by atoms with E-state index in [1.54, 1.807) is 26.0 Å². The fraction of sp³-hybridized carbons (Fsp3) is 0.364. The molecule has 1 unspecified atom stereocenters. The monoisotopic (exact) mass is 220 g/mol. The number of benzene rings is 1. The van der Waals surface area contributed by atoms with Gasteiger partial charge in [-0.2, -0.15) is 5.26 Å². The summed E-state index contributed by atoms with van der Waals surface area (Å²) in [5.41, 5.74) is 0.734. The second-order valence-electron chi connectivity index (χ2n) is 3.57. The highest BCUT2D eigenvalue weighted by Crippen LogP contribution is 2.27. The fourth-order valence-electron chi connectivity index (χ4n) is 1.14. The number of ether oxygens (including phenoxy) is 1. The van der Waals surface area contributed by atoms with Gasteiger partial charge in [-0.05, 0) is 25.5 Å². The fourth-order valence-corrected chi connectivity index (χ4v) is 1.14. The summed E-state index contributed by atoms with van der Waals surface area (Å²) in [7, 11) is 0. The Bertz CT molecular complexity index is 437. The highest BCUT2D eigenvalue weighted by atomic mass is 16.6. The number of aryl methyl sites for hydroxylation is 1. The van der Waals surface area contributed by atoms with Gasteiger partial charge in [-0.25, -0.2) is 0 Å². The zero-order valence-corrected chi connectivity index (χ0v) is 9.14. The Labute approximate surface area is 93.4 Å². The van der Waals surface area contributed by atoms with Crippen molar-refractivity contribution in [3.8, 4) is 11.8 Å². The van der Waals surface area contributed by atoms with Crippen LogP contribution in [-0.4, -0.2) is 11.5 Å². The van der Waals surface area contributed by atoms with Gasteiger partial charge in [-0.15, -0.1) is 0 Å². The Morgan fingerprint density at radius 2 is 2.31 bits per heavy atom. The van der Waals surface area contributed by atoms with Gasteiger partial charge in [0.15, 0.2) is 5.75 Å². The first-order valence-corrected chi connectivity index (χ1v) is 4.82. The Morgan fingerprint density at radius 3 is 2.88 bits per heavy atom. The first-order chi connectivity index (χ1) is 7.54. The average Bonchev–Trinajstić information content (AvgIpc) is 2.26. The minimum atomic E-state index is -0.487. The van der Waals surface area contributed by atoms with Gasteiger partial charge in [0.25, 0.3) is 0 Å². The molecule has 1 atom stereocenters. The van der Waals surface area contributed by atoms with Crippen molar-refractivity contribution in [2.45, 2.75) is 13.8 Å². The highest BCUT2D eigenvalue weighted by Gasteiger charge is 2.15. The van der Waals surface area contributed by atoms with Crippen LogP contribution in [-0.2, 0) is 0 Å². The molecular formula is C11H12N2O3. The molecule has 1 rings (SSSR count). The number of nitriles is 1. The molecular weight excluding hydrogens is 208 g/mol. The van der Waals surface area contributed by atoms with Crippen LogP contribution >= 0.6 is 0 Å². The van der Waals surface area contributed by atoms with Crippen molar-refractivity contribution in [3.05, 3.63) is 33.9 Å². The van der Waals surface area contributed by atoms with Crippen molar-refractivity contribution < 1.29 is 9.66 Å². The number of nitro groups is 1. The van der Waals surface area contributed by atoms with Crippen LogP contribution in [0.15, 0.2) is 18.2 Å². The van der Waals surface area contributed by atoms with E-state index in [0.717, 1.165) is 5.56 Å². The van der Waals surface area contributed by atoms with E-state index in [0.29, 0.717) is 0 Å². The molecule has 0 aliphatic rings. The summed E-state index contributed by atoms with van der Waals surface area (Å²) in [5, 5.41) is 19.3. The summed E-state index contributed by atoms with van der Waals surface area (Å²) >= 11 is 0. The summed E-state index contributed by atoms with van der Waals surface area (Å²) in [6.45, 7) is 3.62. The van der Waals surface area contributed by atoms with Crippen LogP contribution in [0, 0.1) is 34.3 Å². The van der Waals surface area contributed by atoms with Gasteiger partial charge in [0, 0.05) is 6.07 Å². The Kier molecular flexibility index (Phi) is 3.84. The van der Waals surface area contributed by atoms with Gasteiger partial charge in [-0.3, -0.25) is 10.1 Å². The van der Waals surface area contributed by atoms with E-state index in [2.05, 4.69) is 0 Å². The summed E-state index contributed by atoms with van der Waals surface area (Å²) in [4.78, 5) is 10.3. The van der Waals surface area contributed by atoms with Crippen LogP contribution < -0.4 is 4.74 Å². The van der Waals surface area contributed by atoms with E-state index >= 15 is 0 Å². The lowest BCUT2D eigenvalue weighted by Crippen LogP contribution is -2.07. The van der Waals surface area contributed by atoms with Gasteiger partial charge in [0.2, 0.25) is 0 Å². The van der Waals surface area contributed by atoms with Crippen molar-refractivity contribution >= 4 is 5.69 Å². The van der Waals surface area contributed by atoms with Gasteiger partial charge >= 0.3 is 5.69 Å². The molecule has 84 valence electrons. The van der Waals surface area contributed by atoms with Crippen LogP contribution in [0.4, 0.5) is 5.69 Å². The van der Waals surface area contributed by atoms with Crippen LogP contribution in [0.3, 0.4) is 0 Å². The number of hydrogen-bond donors (Lipinski definition) is 0. The largest absolute Gasteiger partial charge is 0.485 e. The third-order valence-electron chi connectivity index (χ3n) is 2.02. The SMILES string of the molecule is Cc1ccc(OCC(C)C#N)c([N+](=O)[O-])c1. The van der Waals surface area contributed by atoms with Crippen molar-refractivity contribution in [2.75, 3.05) is 6.61 Å². The molecule has 5 nitrogen and oxygen atoms in total. The molecule has 0 aliphatic heterocycles. The maximum atomic E-state index is 10.7. The Balaban J connectivity index is 2.88. The molecule has 0 spiro atoms. The molecule has 0 saturated carbocycles. The number of nitrogens with zero attached hydrogens (tertiary/aromatic N) is 2. The molecule has 0 heterocycles. The molecule has 0 N–H and O–H groups in total. The second kappa shape index (κ2) is 5.12. The lowest BCUT2D eigenvalue weighted by molar-refractivity contribution is -0.385. The molecule has 0 amide bonds. The van der Waals surface area contributed by atoms with Gasteiger partial charge in [0.1, 0.15) is 6.61 Å². The van der Waals surface area contributed by atoms with Crippen LogP contribution in [0.5, 0.6) is 5.75 Å². The summed E-state index contributed by atoms with van der Waals surface area (Å²) in [6.07, 6.45) is 0. The maximum absolute atomic E-state index is 10.7. The molecule has 0 fully saturated rings. The lowest BCUT2D eigenvalue weighted by atomic mass is 10.2. The third-order valence-corrected chi connectivity index (χ3v) is 2.02. The molecule has 0 bridgehead atoms. The first kappa shape index (κ1) is 12.0. The number of rotatable bonds is 4. The van der Waals surface area contributed by atoms with E-state index in [-0.39, 0.29) is 24.0 Å². The van der Waals surface area contributed by atoms with Crippen LogP contribution in [0.1, 0.15) is 12.5 Å². The molecule has 0 aromatic heterocycles. The second-order valence-corrected chi connectivity index (χ2v) is 3.57. The first-order valence-electron chi connectivity index (χ1n) is 4.82. The summed E-state index contributed by atoms with van der Waals surface area (Å²) in [6, 6.07) is 6.74. The molecule has 0 saturated heterocycles. The Hall–Kier alpha value is -2.09.